The van der Waals surface area contributed by atoms with Crippen molar-refractivity contribution in [2.24, 2.45) is 28.3 Å². The fourth-order valence-electron chi connectivity index (χ4n) is 4.71. The topological polar surface area (TPSA) is 52.8 Å². The molecule has 2 N–H and O–H groups in total. The smallest absolute Gasteiger partial charge is 0.0577 e. The van der Waals surface area contributed by atoms with Gasteiger partial charge < -0.3 is 10.3 Å². The maximum absolute atomic E-state index is 10.3. The van der Waals surface area contributed by atoms with Gasteiger partial charge in [0.15, 0.2) is 0 Å². The third-order valence-electron chi connectivity index (χ3n) is 5.73. The highest BCUT2D eigenvalue weighted by Crippen LogP contribution is 2.56. The largest absolute Gasteiger partial charge is 0.411 e. The lowest BCUT2D eigenvalue weighted by Crippen LogP contribution is -2.43. The highest BCUT2D eigenvalue weighted by Gasteiger charge is 2.52. The van der Waals surface area contributed by atoms with Gasteiger partial charge in [-0.05, 0) is 56.3 Å². The van der Waals surface area contributed by atoms with Crippen LogP contribution in [0.3, 0.4) is 0 Å². The van der Waals surface area contributed by atoms with Crippen molar-refractivity contribution in [1.82, 2.24) is 0 Å². The highest BCUT2D eigenvalue weighted by atomic mass is 16.4. The molecule has 116 valence electrons. The van der Waals surface area contributed by atoms with Gasteiger partial charge in [0.05, 0.1) is 12.3 Å². The molecule has 0 radical (unpaired) electrons. The molecule has 0 bridgehead atoms. The second kappa shape index (κ2) is 6.93. The van der Waals surface area contributed by atoms with Crippen molar-refractivity contribution in [3.63, 3.8) is 0 Å². The Bertz CT molecular complexity index is 329. The van der Waals surface area contributed by atoms with E-state index < -0.39 is 0 Å². The number of aliphatic hydroxyl groups is 1. The summed E-state index contributed by atoms with van der Waals surface area (Å²) in [7, 11) is 0. The monoisotopic (exact) mass is 281 g/mol. The molecule has 0 aromatic rings. The zero-order valence-corrected chi connectivity index (χ0v) is 13.1. The van der Waals surface area contributed by atoms with E-state index in [0.29, 0.717) is 11.8 Å². The lowest BCUT2D eigenvalue weighted by Gasteiger charge is -2.43. The summed E-state index contributed by atoms with van der Waals surface area (Å²) in [4.78, 5) is 0. The summed E-state index contributed by atoms with van der Waals surface area (Å²) < 4.78 is 0. The van der Waals surface area contributed by atoms with Gasteiger partial charge in [-0.1, -0.05) is 33.1 Å². The zero-order valence-electron chi connectivity index (χ0n) is 13.1. The van der Waals surface area contributed by atoms with Gasteiger partial charge in [0, 0.05) is 5.41 Å². The van der Waals surface area contributed by atoms with Crippen molar-refractivity contribution in [1.29, 1.82) is 0 Å². The van der Waals surface area contributed by atoms with E-state index in [9.17, 15) is 5.11 Å². The van der Waals surface area contributed by atoms with Gasteiger partial charge in [-0.2, -0.15) is 0 Å². The molecule has 0 heterocycles. The minimum Gasteiger partial charge on any atom is -0.411 e. The summed E-state index contributed by atoms with van der Waals surface area (Å²) in [6, 6.07) is 0. The summed E-state index contributed by atoms with van der Waals surface area (Å²) in [5, 5.41) is 22.8. The molecule has 2 aliphatic carbocycles. The van der Waals surface area contributed by atoms with E-state index in [-0.39, 0.29) is 11.5 Å². The van der Waals surface area contributed by atoms with Crippen LogP contribution >= 0.6 is 0 Å². The Morgan fingerprint density at radius 1 is 1.25 bits per heavy atom. The molecule has 0 amide bonds. The van der Waals surface area contributed by atoms with Crippen molar-refractivity contribution in [2.45, 2.75) is 77.7 Å². The van der Waals surface area contributed by atoms with Crippen molar-refractivity contribution < 1.29 is 10.3 Å². The first kappa shape index (κ1) is 15.8. The van der Waals surface area contributed by atoms with Crippen LogP contribution in [-0.2, 0) is 0 Å². The van der Waals surface area contributed by atoms with Crippen LogP contribution < -0.4 is 0 Å². The van der Waals surface area contributed by atoms with Crippen molar-refractivity contribution >= 4 is 6.21 Å². The molecule has 2 rings (SSSR count). The molecular weight excluding hydrogens is 250 g/mol. The Morgan fingerprint density at radius 2 is 2.05 bits per heavy atom. The van der Waals surface area contributed by atoms with Gasteiger partial charge in [0.2, 0.25) is 0 Å². The lowest BCUT2D eigenvalue weighted by molar-refractivity contribution is 0.0104. The number of oxime groups is 1. The van der Waals surface area contributed by atoms with Gasteiger partial charge >= 0.3 is 0 Å². The normalized spacial score (nSPS) is 37.7. The van der Waals surface area contributed by atoms with E-state index >= 15 is 0 Å². The maximum Gasteiger partial charge on any atom is 0.0577 e. The molecule has 3 nitrogen and oxygen atoms in total. The quantitative estimate of drug-likeness (QED) is 0.331. The van der Waals surface area contributed by atoms with Crippen LogP contribution in [0.15, 0.2) is 5.16 Å². The summed E-state index contributed by atoms with van der Waals surface area (Å²) in [6.45, 7) is 4.56. The van der Waals surface area contributed by atoms with Crippen LogP contribution in [0.1, 0.15) is 71.6 Å². The number of aliphatic hydroxyl groups excluding tert-OH is 1. The maximum atomic E-state index is 10.3. The standard InChI is InChI=1S/C17H31NO2/c1-13(2)6-3-4-7-14-9-10-15-16(19)8-5-11-17(14,15)12-18-20/h12-16,19-20H,3-11H2,1-2H3/b18-12+/t14-,15-,16-,17-/m0/s1. The molecule has 0 aliphatic heterocycles. The van der Waals surface area contributed by atoms with Crippen molar-refractivity contribution in [3.05, 3.63) is 0 Å². The number of unbranched alkanes of at least 4 members (excludes halogenated alkanes) is 1. The number of rotatable bonds is 6. The average Bonchev–Trinajstić information content (AvgIpc) is 2.75. The predicted molar refractivity (Wildman–Crippen MR) is 82.1 cm³/mol. The van der Waals surface area contributed by atoms with E-state index in [1.165, 1.54) is 32.1 Å². The second-order valence-corrected chi connectivity index (χ2v) is 7.38. The number of nitrogens with zero attached hydrogens (tertiary/aromatic N) is 1. The Morgan fingerprint density at radius 3 is 2.75 bits per heavy atom. The Kier molecular flexibility index (Phi) is 5.48. The van der Waals surface area contributed by atoms with Crippen molar-refractivity contribution in [3.8, 4) is 0 Å². The van der Waals surface area contributed by atoms with E-state index in [1.54, 1.807) is 6.21 Å². The Hall–Kier alpha value is -0.570. The SMILES string of the molecule is CC(C)CCCC[C@H]1CC[C@H]2[C@@H](O)CCC[C@]12/C=N/O. The zero-order chi connectivity index (χ0) is 14.6. The first-order valence-electron chi connectivity index (χ1n) is 8.47. The van der Waals surface area contributed by atoms with Gasteiger partial charge in [-0.25, -0.2) is 0 Å². The van der Waals surface area contributed by atoms with Gasteiger partial charge in [0.25, 0.3) is 0 Å². The number of fused-ring (bicyclic) bond motifs is 1. The molecule has 0 aromatic carbocycles. The average molecular weight is 281 g/mol. The molecule has 0 saturated heterocycles. The third kappa shape index (κ3) is 3.19. The first-order chi connectivity index (χ1) is 9.60. The number of hydrogen-bond acceptors (Lipinski definition) is 3. The molecule has 0 spiro atoms. The van der Waals surface area contributed by atoms with Gasteiger partial charge in [0.1, 0.15) is 0 Å². The minimum absolute atomic E-state index is 0.0236. The van der Waals surface area contributed by atoms with E-state index in [4.69, 9.17) is 5.21 Å². The van der Waals surface area contributed by atoms with E-state index in [1.807, 2.05) is 0 Å². The van der Waals surface area contributed by atoms with Crippen LogP contribution in [-0.4, -0.2) is 22.6 Å². The fourth-order valence-corrected chi connectivity index (χ4v) is 4.71. The summed E-state index contributed by atoms with van der Waals surface area (Å²) >= 11 is 0. The third-order valence-corrected chi connectivity index (χ3v) is 5.73. The van der Waals surface area contributed by atoms with E-state index in [0.717, 1.165) is 31.6 Å². The molecule has 2 saturated carbocycles. The highest BCUT2D eigenvalue weighted by molar-refractivity contribution is 5.67. The Balaban J connectivity index is 1.97. The molecule has 2 aliphatic rings. The van der Waals surface area contributed by atoms with Crippen LogP contribution in [0.25, 0.3) is 0 Å². The van der Waals surface area contributed by atoms with Crippen molar-refractivity contribution in [2.75, 3.05) is 0 Å². The molecular formula is C17H31NO2. The first-order valence-corrected chi connectivity index (χ1v) is 8.47. The summed E-state index contributed by atoms with van der Waals surface area (Å²) in [6.07, 6.45) is 12.0. The second-order valence-electron chi connectivity index (χ2n) is 7.38. The molecule has 0 unspecified atom stereocenters. The van der Waals surface area contributed by atoms with Crippen LogP contribution in [0.2, 0.25) is 0 Å². The van der Waals surface area contributed by atoms with Crippen LogP contribution in [0.5, 0.6) is 0 Å². The fraction of sp³-hybridized carbons (Fsp3) is 0.941. The Labute approximate surface area is 123 Å². The number of hydrogen-bond donors (Lipinski definition) is 2. The molecule has 3 heteroatoms. The molecule has 0 aromatic heterocycles. The summed E-state index contributed by atoms with van der Waals surface area (Å²) in [5.41, 5.74) is -0.0236. The molecule has 4 atom stereocenters. The van der Waals surface area contributed by atoms with Gasteiger partial charge in [-0.3, -0.25) is 0 Å². The minimum atomic E-state index is -0.192. The van der Waals surface area contributed by atoms with Crippen LogP contribution in [0.4, 0.5) is 0 Å². The molecule has 2 fully saturated rings. The predicted octanol–water partition coefficient (Wildman–Crippen LogP) is 4.22. The van der Waals surface area contributed by atoms with E-state index in [2.05, 4.69) is 19.0 Å². The molecule has 20 heavy (non-hydrogen) atoms. The lowest BCUT2D eigenvalue weighted by atomic mass is 9.63. The van der Waals surface area contributed by atoms with Crippen LogP contribution in [0, 0.1) is 23.2 Å². The summed E-state index contributed by atoms with van der Waals surface area (Å²) in [5.74, 6) is 1.71. The van der Waals surface area contributed by atoms with Gasteiger partial charge in [-0.15, -0.1) is 5.16 Å².